The highest BCUT2D eigenvalue weighted by Crippen LogP contribution is 2.27. The van der Waals surface area contributed by atoms with E-state index in [-0.39, 0.29) is 17.7 Å². The van der Waals surface area contributed by atoms with Crippen LogP contribution >= 0.6 is 11.6 Å². The third-order valence-corrected chi connectivity index (χ3v) is 3.82. The summed E-state index contributed by atoms with van der Waals surface area (Å²) in [6, 6.07) is 7.38. The zero-order valence-corrected chi connectivity index (χ0v) is 10.8. The lowest BCUT2D eigenvalue weighted by Crippen LogP contribution is -2.27. The fourth-order valence-corrected chi connectivity index (χ4v) is 2.72. The summed E-state index contributed by atoms with van der Waals surface area (Å²) in [5, 5.41) is 4.81. The van der Waals surface area contributed by atoms with Crippen molar-refractivity contribution in [1.82, 2.24) is 5.32 Å². The molecule has 0 spiro atoms. The van der Waals surface area contributed by atoms with E-state index >= 15 is 0 Å². The van der Waals surface area contributed by atoms with Gasteiger partial charge in [0.1, 0.15) is 5.58 Å². The highest BCUT2D eigenvalue weighted by atomic mass is 35.5. The van der Waals surface area contributed by atoms with Crippen molar-refractivity contribution in [3.63, 3.8) is 0 Å². The maximum absolute atomic E-state index is 12.3. The average Bonchev–Trinajstić information content (AvgIpc) is 2.93. The van der Waals surface area contributed by atoms with Crippen molar-refractivity contribution in [3.8, 4) is 0 Å². The monoisotopic (exact) mass is 263 g/mol. The quantitative estimate of drug-likeness (QED) is 0.846. The Kier molecular flexibility index (Phi) is 2.88. The maximum Gasteiger partial charge on any atom is 0.202 e. The molecule has 0 saturated carbocycles. The number of hydrogen-bond acceptors (Lipinski definition) is 3. The molecule has 1 aromatic heterocycles. The number of ketones is 1. The number of fused-ring (bicyclic) bond motifs is 1. The van der Waals surface area contributed by atoms with E-state index in [1.807, 2.05) is 13.0 Å². The van der Waals surface area contributed by atoms with Crippen LogP contribution in [0.2, 0.25) is 5.02 Å². The summed E-state index contributed by atoms with van der Waals surface area (Å²) in [7, 11) is 0. The number of hydrogen-bond donors (Lipinski definition) is 1. The molecule has 0 amide bonds. The van der Waals surface area contributed by atoms with Crippen molar-refractivity contribution in [2.24, 2.45) is 5.92 Å². The zero-order chi connectivity index (χ0) is 12.7. The van der Waals surface area contributed by atoms with Crippen molar-refractivity contribution < 1.29 is 9.21 Å². The fraction of sp³-hybridized carbons (Fsp3) is 0.357. The largest absolute Gasteiger partial charge is 0.453 e. The molecule has 2 heterocycles. The Bertz CT molecular complexity index is 605. The summed E-state index contributed by atoms with van der Waals surface area (Å²) in [5.74, 6) is 0.536. The number of Topliss-reactive ketones (excluding diaryl/α,β-unsaturated/α-hetero) is 1. The first-order valence-electron chi connectivity index (χ1n) is 6.12. The molecule has 0 aliphatic carbocycles. The van der Waals surface area contributed by atoms with Crippen LogP contribution in [0.4, 0.5) is 0 Å². The first-order chi connectivity index (χ1) is 8.65. The summed E-state index contributed by atoms with van der Waals surface area (Å²) in [6.45, 7) is 2.93. The van der Waals surface area contributed by atoms with Gasteiger partial charge in [0, 0.05) is 22.4 Å². The minimum Gasteiger partial charge on any atom is -0.453 e. The lowest BCUT2D eigenvalue weighted by atomic mass is 9.95. The van der Waals surface area contributed by atoms with Crippen LogP contribution in [-0.4, -0.2) is 18.4 Å². The van der Waals surface area contributed by atoms with Gasteiger partial charge in [0.15, 0.2) is 5.76 Å². The van der Waals surface area contributed by atoms with Crippen LogP contribution in [0, 0.1) is 5.92 Å². The van der Waals surface area contributed by atoms with E-state index in [2.05, 4.69) is 5.32 Å². The van der Waals surface area contributed by atoms with Gasteiger partial charge in [0.2, 0.25) is 5.78 Å². The summed E-state index contributed by atoms with van der Waals surface area (Å²) in [4.78, 5) is 12.3. The first kappa shape index (κ1) is 11.8. The molecule has 3 rings (SSSR count). The molecule has 94 valence electrons. The summed E-state index contributed by atoms with van der Waals surface area (Å²) in [5.41, 5.74) is 0.710. The van der Waals surface area contributed by atoms with Crippen LogP contribution in [-0.2, 0) is 0 Å². The molecule has 0 bridgehead atoms. The molecule has 2 atom stereocenters. The molecule has 3 nitrogen and oxygen atoms in total. The number of rotatable bonds is 2. The zero-order valence-electron chi connectivity index (χ0n) is 10.1. The third-order valence-electron chi connectivity index (χ3n) is 3.58. The van der Waals surface area contributed by atoms with Gasteiger partial charge in [-0.1, -0.05) is 11.6 Å². The van der Waals surface area contributed by atoms with Gasteiger partial charge in [-0.2, -0.15) is 0 Å². The van der Waals surface area contributed by atoms with Gasteiger partial charge < -0.3 is 9.73 Å². The third kappa shape index (κ3) is 1.93. The van der Waals surface area contributed by atoms with E-state index in [1.165, 1.54) is 0 Å². The lowest BCUT2D eigenvalue weighted by molar-refractivity contribution is 0.0887. The van der Waals surface area contributed by atoms with Crippen molar-refractivity contribution in [1.29, 1.82) is 0 Å². The molecule has 0 radical (unpaired) electrons. The molecule has 1 aliphatic heterocycles. The number of halogens is 1. The Balaban J connectivity index is 1.96. The first-order valence-corrected chi connectivity index (χ1v) is 6.49. The molecule has 4 heteroatoms. The van der Waals surface area contributed by atoms with Crippen LogP contribution in [0.1, 0.15) is 23.9 Å². The SMILES string of the molecule is CC1NCCC1C(=O)c1cc2cc(Cl)ccc2o1. The van der Waals surface area contributed by atoms with Gasteiger partial charge in [-0.25, -0.2) is 0 Å². The lowest BCUT2D eigenvalue weighted by Gasteiger charge is -2.11. The van der Waals surface area contributed by atoms with Crippen molar-refractivity contribution in [3.05, 3.63) is 35.0 Å². The molecule has 1 fully saturated rings. The number of benzene rings is 1. The minimum atomic E-state index is 0.0148. The van der Waals surface area contributed by atoms with Gasteiger partial charge in [0.05, 0.1) is 0 Å². The smallest absolute Gasteiger partial charge is 0.202 e. The molecule has 18 heavy (non-hydrogen) atoms. The standard InChI is InChI=1S/C14H14ClNO2/c1-8-11(4-5-16-8)14(17)13-7-9-6-10(15)2-3-12(9)18-13/h2-3,6-8,11,16H,4-5H2,1H3. The second-order valence-corrected chi connectivity index (χ2v) is 5.23. The summed E-state index contributed by atoms with van der Waals surface area (Å²) in [6.07, 6.45) is 0.873. The second kappa shape index (κ2) is 4.41. The van der Waals surface area contributed by atoms with Crippen LogP contribution in [0.25, 0.3) is 11.0 Å². The van der Waals surface area contributed by atoms with Crippen LogP contribution in [0.5, 0.6) is 0 Å². The Morgan fingerprint density at radius 1 is 1.44 bits per heavy atom. The van der Waals surface area contributed by atoms with Crippen LogP contribution < -0.4 is 5.32 Å². The molecule has 1 N–H and O–H groups in total. The van der Waals surface area contributed by atoms with E-state index in [9.17, 15) is 4.79 Å². The average molecular weight is 264 g/mol. The number of furan rings is 1. The fourth-order valence-electron chi connectivity index (χ4n) is 2.54. The summed E-state index contributed by atoms with van der Waals surface area (Å²) >= 11 is 5.92. The van der Waals surface area contributed by atoms with Gasteiger partial charge in [0.25, 0.3) is 0 Å². The Morgan fingerprint density at radius 2 is 2.28 bits per heavy atom. The normalized spacial score (nSPS) is 23.7. The van der Waals surface area contributed by atoms with Gasteiger partial charge in [-0.05, 0) is 44.2 Å². The molecule has 2 aromatic rings. The predicted octanol–water partition coefficient (Wildman–Crippen LogP) is 3.27. The van der Waals surface area contributed by atoms with Crippen molar-refractivity contribution in [2.75, 3.05) is 6.54 Å². The van der Waals surface area contributed by atoms with Gasteiger partial charge in [-0.15, -0.1) is 0 Å². The topological polar surface area (TPSA) is 42.2 Å². The Hall–Kier alpha value is -1.32. The molecule has 1 aliphatic rings. The van der Waals surface area contributed by atoms with Gasteiger partial charge >= 0.3 is 0 Å². The molecule has 1 aromatic carbocycles. The van der Waals surface area contributed by atoms with Crippen molar-refractivity contribution >= 4 is 28.4 Å². The highest BCUT2D eigenvalue weighted by molar-refractivity contribution is 6.31. The molecule has 1 saturated heterocycles. The van der Waals surface area contributed by atoms with E-state index < -0.39 is 0 Å². The predicted molar refractivity (Wildman–Crippen MR) is 71.1 cm³/mol. The maximum atomic E-state index is 12.3. The Morgan fingerprint density at radius 3 is 3.00 bits per heavy atom. The van der Waals surface area contributed by atoms with E-state index in [4.69, 9.17) is 16.0 Å². The second-order valence-electron chi connectivity index (χ2n) is 4.80. The van der Waals surface area contributed by atoms with E-state index in [0.717, 1.165) is 18.4 Å². The minimum absolute atomic E-state index is 0.0148. The number of carbonyl (C=O) groups is 1. The molecular formula is C14H14ClNO2. The highest BCUT2D eigenvalue weighted by Gasteiger charge is 2.31. The molecular weight excluding hydrogens is 250 g/mol. The van der Waals surface area contributed by atoms with E-state index in [1.54, 1.807) is 18.2 Å². The van der Waals surface area contributed by atoms with Crippen LogP contribution in [0.15, 0.2) is 28.7 Å². The van der Waals surface area contributed by atoms with Crippen LogP contribution in [0.3, 0.4) is 0 Å². The Labute approximate surface area is 110 Å². The number of carbonyl (C=O) groups excluding carboxylic acids is 1. The molecule has 2 unspecified atom stereocenters. The van der Waals surface area contributed by atoms with Crippen molar-refractivity contribution in [2.45, 2.75) is 19.4 Å². The van der Waals surface area contributed by atoms with E-state index in [0.29, 0.717) is 16.4 Å². The summed E-state index contributed by atoms with van der Waals surface area (Å²) < 4.78 is 5.61. The number of nitrogens with one attached hydrogen (secondary N) is 1. The van der Waals surface area contributed by atoms with Gasteiger partial charge in [-0.3, -0.25) is 4.79 Å².